The van der Waals surface area contributed by atoms with E-state index in [1.807, 2.05) is 71.6 Å². The molecule has 1 unspecified atom stereocenters. The van der Waals surface area contributed by atoms with Crippen LogP contribution in [0.2, 0.25) is 0 Å². The van der Waals surface area contributed by atoms with Crippen LogP contribution < -0.4 is 10.2 Å². The fourth-order valence-corrected chi connectivity index (χ4v) is 5.33. The number of hydrogen-bond acceptors (Lipinski definition) is 10. The molecule has 0 amide bonds. The molecule has 0 aliphatic carbocycles. The Morgan fingerprint density at radius 1 is 1.04 bits per heavy atom. The summed E-state index contributed by atoms with van der Waals surface area (Å²) in [4.78, 5) is 27.8. The molecule has 5 aromatic rings. The van der Waals surface area contributed by atoms with E-state index in [9.17, 15) is 15.2 Å². The van der Waals surface area contributed by atoms with Crippen LogP contribution in [0, 0.1) is 17.2 Å². The van der Waals surface area contributed by atoms with Crippen molar-refractivity contribution in [2.45, 2.75) is 19.0 Å². The minimum Gasteiger partial charge on any atom is -0.481 e. The summed E-state index contributed by atoms with van der Waals surface area (Å²) in [6, 6.07) is 26.7. The van der Waals surface area contributed by atoms with Crippen molar-refractivity contribution < 1.29 is 14.6 Å². The van der Waals surface area contributed by atoms with E-state index in [0.717, 1.165) is 22.6 Å². The van der Waals surface area contributed by atoms with Gasteiger partial charge in [-0.2, -0.15) is 5.26 Å². The van der Waals surface area contributed by atoms with Crippen molar-refractivity contribution in [3.8, 4) is 28.7 Å². The van der Waals surface area contributed by atoms with Gasteiger partial charge in [0.15, 0.2) is 0 Å². The zero-order chi connectivity index (χ0) is 31.2. The average Bonchev–Trinajstić information content (AvgIpc) is 3.76. The van der Waals surface area contributed by atoms with Crippen LogP contribution in [0.15, 0.2) is 85.1 Å². The van der Waals surface area contributed by atoms with Crippen molar-refractivity contribution >= 4 is 17.7 Å². The van der Waals surface area contributed by atoms with Crippen LogP contribution in [0.25, 0.3) is 22.6 Å². The molecule has 2 atom stereocenters. The lowest BCUT2D eigenvalue weighted by Crippen LogP contribution is -2.23. The Bertz CT molecular complexity index is 1840. The van der Waals surface area contributed by atoms with Gasteiger partial charge in [0.05, 0.1) is 60.0 Å². The van der Waals surface area contributed by atoms with Crippen LogP contribution in [0.3, 0.4) is 0 Å². The SMILES string of the molecule is COC[C@H](Nc1nc(-c2cccc(C#N)c2)cc(-c2cn(Cc3cccc(N4CCC(C(=O)O)C4)n3)nn2)n1)c1ccccc1. The predicted octanol–water partition coefficient (Wildman–Crippen LogP) is 4.43. The predicted molar refractivity (Wildman–Crippen MR) is 167 cm³/mol. The van der Waals surface area contributed by atoms with Gasteiger partial charge in [0.25, 0.3) is 0 Å². The molecule has 12 heteroatoms. The Labute approximate surface area is 260 Å². The zero-order valence-corrected chi connectivity index (χ0v) is 24.6. The van der Waals surface area contributed by atoms with Crippen LogP contribution in [-0.2, 0) is 16.1 Å². The summed E-state index contributed by atoms with van der Waals surface area (Å²) in [5.41, 5.74) is 4.81. The second-order valence-corrected chi connectivity index (χ2v) is 10.8. The Morgan fingerprint density at radius 3 is 2.64 bits per heavy atom. The second kappa shape index (κ2) is 13.3. The summed E-state index contributed by atoms with van der Waals surface area (Å²) in [5, 5.41) is 31.0. The Morgan fingerprint density at radius 2 is 1.87 bits per heavy atom. The van der Waals surface area contributed by atoms with Crippen molar-refractivity contribution in [2.24, 2.45) is 5.92 Å². The first-order chi connectivity index (χ1) is 22.0. The number of rotatable bonds is 11. The molecule has 4 heterocycles. The van der Waals surface area contributed by atoms with Crippen molar-refractivity contribution in [1.29, 1.82) is 5.26 Å². The number of ether oxygens (including phenoxy) is 1. The molecule has 0 bridgehead atoms. The average molecular weight is 602 g/mol. The fourth-order valence-electron chi connectivity index (χ4n) is 5.33. The highest BCUT2D eigenvalue weighted by atomic mass is 16.5. The van der Waals surface area contributed by atoms with Crippen LogP contribution in [-0.4, -0.2) is 67.8 Å². The molecule has 12 nitrogen and oxygen atoms in total. The largest absolute Gasteiger partial charge is 0.481 e. The molecule has 1 aliphatic rings. The first-order valence-corrected chi connectivity index (χ1v) is 14.5. The number of hydrogen-bond donors (Lipinski definition) is 2. The molecule has 2 aromatic carbocycles. The number of nitrogens with one attached hydrogen (secondary N) is 1. The molecule has 6 rings (SSSR count). The van der Waals surface area contributed by atoms with Gasteiger partial charge in [0.1, 0.15) is 11.5 Å². The van der Waals surface area contributed by atoms with E-state index < -0.39 is 5.97 Å². The normalized spacial score (nSPS) is 15.0. The number of carboxylic acids is 1. The van der Waals surface area contributed by atoms with Crippen LogP contribution in [0.4, 0.5) is 11.8 Å². The highest BCUT2D eigenvalue weighted by Crippen LogP contribution is 2.27. The van der Waals surface area contributed by atoms with Gasteiger partial charge in [-0.3, -0.25) is 4.79 Å². The van der Waals surface area contributed by atoms with Crippen molar-refractivity contribution in [3.63, 3.8) is 0 Å². The highest BCUT2D eigenvalue weighted by molar-refractivity contribution is 5.72. The topological polar surface area (TPSA) is 155 Å². The Kier molecular flexibility index (Phi) is 8.70. The van der Waals surface area contributed by atoms with Crippen molar-refractivity contribution in [1.82, 2.24) is 29.9 Å². The van der Waals surface area contributed by atoms with E-state index in [2.05, 4.69) is 21.7 Å². The minimum absolute atomic E-state index is 0.208. The molecule has 3 aromatic heterocycles. The molecule has 2 N–H and O–H groups in total. The van der Waals surface area contributed by atoms with E-state index in [-0.39, 0.29) is 12.0 Å². The molecule has 45 heavy (non-hydrogen) atoms. The molecule has 226 valence electrons. The maximum Gasteiger partial charge on any atom is 0.308 e. The summed E-state index contributed by atoms with van der Waals surface area (Å²) in [6.07, 6.45) is 2.40. The quantitative estimate of drug-likeness (QED) is 0.221. The third-order valence-electron chi connectivity index (χ3n) is 7.63. The van der Waals surface area contributed by atoms with E-state index in [4.69, 9.17) is 19.7 Å². The molecular formula is C33H31N9O3. The fraction of sp³-hybridized carbons (Fsp3) is 0.242. The lowest BCUT2D eigenvalue weighted by atomic mass is 10.1. The van der Waals surface area contributed by atoms with Crippen molar-refractivity contribution in [3.05, 3.63) is 102 Å². The standard InChI is InChI=1S/C33H31N9O3/c1-45-21-30(23-8-3-2-4-9-23)38-33-36-27(24-10-5-7-22(15-24)17-34)16-28(37-33)29-20-42(40-39-29)19-26-11-6-12-31(35-26)41-14-13-25(18-41)32(43)44/h2-12,15-16,20,25,30H,13-14,18-19,21H2,1H3,(H,43,44)(H,36,37,38)/t25?,30-/m0/s1. The van der Waals surface area contributed by atoms with Gasteiger partial charge in [-0.15, -0.1) is 5.10 Å². The first kappa shape index (κ1) is 29.4. The highest BCUT2D eigenvalue weighted by Gasteiger charge is 2.28. The minimum atomic E-state index is -0.776. The zero-order valence-electron chi connectivity index (χ0n) is 24.6. The van der Waals surface area contributed by atoms with E-state index in [1.54, 1.807) is 30.1 Å². The molecule has 0 spiro atoms. The maximum absolute atomic E-state index is 11.4. The lowest BCUT2D eigenvalue weighted by Gasteiger charge is -2.19. The third-order valence-corrected chi connectivity index (χ3v) is 7.63. The first-order valence-electron chi connectivity index (χ1n) is 14.5. The van der Waals surface area contributed by atoms with E-state index >= 15 is 0 Å². The Hall–Kier alpha value is -5.67. The van der Waals surface area contributed by atoms with Crippen LogP contribution >= 0.6 is 0 Å². The van der Waals surface area contributed by atoms with Crippen molar-refractivity contribution in [2.75, 3.05) is 37.0 Å². The van der Waals surface area contributed by atoms with Gasteiger partial charge in [0, 0.05) is 25.8 Å². The maximum atomic E-state index is 11.4. The number of aromatic nitrogens is 6. The van der Waals surface area contributed by atoms with Gasteiger partial charge in [0.2, 0.25) is 5.95 Å². The molecule has 0 radical (unpaired) electrons. The van der Waals surface area contributed by atoms with Crippen LogP contribution in [0.1, 0.15) is 29.3 Å². The summed E-state index contributed by atoms with van der Waals surface area (Å²) in [6.45, 7) is 1.86. The number of nitrogens with zero attached hydrogens (tertiary/aromatic N) is 8. The van der Waals surface area contributed by atoms with Gasteiger partial charge in [-0.25, -0.2) is 19.6 Å². The molecule has 1 saturated heterocycles. The summed E-state index contributed by atoms with van der Waals surface area (Å²) < 4.78 is 7.18. The van der Waals surface area contributed by atoms with Gasteiger partial charge >= 0.3 is 5.97 Å². The van der Waals surface area contributed by atoms with E-state index in [0.29, 0.717) is 61.3 Å². The summed E-state index contributed by atoms with van der Waals surface area (Å²) in [5.74, 6) is -0.0336. The number of methoxy groups -OCH3 is 1. The lowest BCUT2D eigenvalue weighted by molar-refractivity contribution is -0.140. The Balaban J connectivity index is 1.29. The van der Waals surface area contributed by atoms with E-state index in [1.165, 1.54) is 0 Å². The smallest absolute Gasteiger partial charge is 0.308 e. The van der Waals surface area contributed by atoms with Gasteiger partial charge in [-0.1, -0.05) is 53.7 Å². The van der Waals surface area contributed by atoms with Gasteiger partial charge < -0.3 is 20.1 Å². The summed E-state index contributed by atoms with van der Waals surface area (Å²) >= 11 is 0. The second-order valence-electron chi connectivity index (χ2n) is 10.8. The number of carbonyl (C=O) groups is 1. The molecule has 0 saturated carbocycles. The number of carboxylic acid groups (broad SMARTS) is 1. The number of pyridine rings is 1. The summed E-state index contributed by atoms with van der Waals surface area (Å²) in [7, 11) is 1.65. The van der Waals surface area contributed by atoms with Crippen LogP contribution in [0.5, 0.6) is 0 Å². The molecular weight excluding hydrogens is 570 g/mol. The molecule has 1 fully saturated rings. The molecule has 1 aliphatic heterocycles. The number of nitriles is 1. The monoisotopic (exact) mass is 601 g/mol. The number of benzene rings is 2. The third kappa shape index (κ3) is 6.95. The van der Waals surface area contributed by atoms with Gasteiger partial charge in [-0.05, 0) is 42.3 Å². The number of anilines is 2. The number of aliphatic carboxylic acids is 1.